The summed E-state index contributed by atoms with van der Waals surface area (Å²) in [6.45, 7) is 5.07. The zero-order chi connectivity index (χ0) is 25.6. The van der Waals surface area contributed by atoms with Crippen LogP contribution in [-0.4, -0.2) is 44.0 Å². The van der Waals surface area contributed by atoms with Gasteiger partial charge in [0, 0.05) is 30.4 Å². The second-order valence-electron chi connectivity index (χ2n) is 11.4. The molecule has 1 aromatic carbocycles. The van der Waals surface area contributed by atoms with Gasteiger partial charge in [-0.1, -0.05) is 36.1 Å². The molecular weight excluding hydrogens is 460 g/mol. The molecular formula is C31H38N4O2. The molecule has 3 heterocycles. The molecule has 1 fully saturated rings. The van der Waals surface area contributed by atoms with Crippen molar-refractivity contribution < 1.29 is 9.59 Å². The molecule has 0 saturated heterocycles. The van der Waals surface area contributed by atoms with Crippen molar-refractivity contribution >= 4 is 22.7 Å². The number of aromatic nitrogens is 2. The highest BCUT2D eigenvalue weighted by Crippen LogP contribution is 2.39. The summed E-state index contributed by atoms with van der Waals surface area (Å²) >= 11 is 0. The highest BCUT2D eigenvalue weighted by Gasteiger charge is 2.49. The van der Waals surface area contributed by atoms with E-state index in [9.17, 15) is 9.59 Å². The summed E-state index contributed by atoms with van der Waals surface area (Å²) < 4.78 is 4.16. The quantitative estimate of drug-likeness (QED) is 0.430. The lowest BCUT2D eigenvalue weighted by molar-refractivity contribution is -0.133. The van der Waals surface area contributed by atoms with Crippen LogP contribution in [0.3, 0.4) is 0 Å². The van der Waals surface area contributed by atoms with Gasteiger partial charge in [0.05, 0.1) is 17.7 Å². The molecule has 2 aromatic heterocycles. The first kappa shape index (κ1) is 24.1. The number of benzene rings is 1. The van der Waals surface area contributed by atoms with Crippen LogP contribution in [0.2, 0.25) is 0 Å². The molecule has 37 heavy (non-hydrogen) atoms. The maximum atomic E-state index is 14.5. The molecule has 1 atom stereocenters. The topological polar surface area (TPSA) is 59.3 Å². The molecule has 1 N–H and O–H groups in total. The van der Waals surface area contributed by atoms with Crippen LogP contribution in [-0.2, 0) is 11.3 Å². The molecule has 194 valence electrons. The third-order valence-electron chi connectivity index (χ3n) is 8.79. The van der Waals surface area contributed by atoms with Crippen LogP contribution >= 0.6 is 0 Å². The van der Waals surface area contributed by atoms with Crippen molar-refractivity contribution in [1.82, 2.24) is 19.4 Å². The van der Waals surface area contributed by atoms with Crippen molar-refractivity contribution in [3.63, 3.8) is 0 Å². The van der Waals surface area contributed by atoms with Crippen LogP contribution < -0.4 is 5.32 Å². The van der Waals surface area contributed by atoms with Gasteiger partial charge in [0.2, 0.25) is 5.91 Å². The first-order valence-electron chi connectivity index (χ1n) is 14.0. The van der Waals surface area contributed by atoms with Gasteiger partial charge in [-0.05, 0) is 83.1 Å². The lowest BCUT2D eigenvalue weighted by Crippen LogP contribution is -2.65. The summed E-state index contributed by atoms with van der Waals surface area (Å²) in [5.41, 5.74) is 4.22. The number of hydrogen-bond donors (Lipinski definition) is 1. The molecule has 2 aliphatic carbocycles. The van der Waals surface area contributed by atoms with Crippen molar-refractivity contribution in [2.75, 3.05) is 6.54 Å². The molecule has 3 aliphatic rings. The highest BCUT2D eigenvalue weighted by molar-refractivity contribution is 6.09. The zero-order valence-electron chi connectivity index (χ0n) is 22.1. The minimum atomic E-state index is -0.952. The van der Waals surface area contributed by atoms with E-state index in [0.717, 1.165) is 67.1 Å². The Morgan fingerprint density at radius 3 is 2.62 bits per heavy atom. The third kappa shape index (κ3) is 4.20. The van der Waals surface area contributed by atoms with Gasteiger partial charge in [0.25, 0.3) is 5.91 Å². The number of nitrogens with one attached hydrogen (secondary N) is 1. The molecule has 6 heteroatoms. The van der Waals surface area contributed by atoms with E-state index < -0.39 is 5.54 Å². The number of fused-ring (bicyclic) bond motifs is 3. The first-order valence-corrected chi connectivity index (χ1v) is 14.0. The maximum Gasteiger partial charge on any atom is 0.273 e. The SMILES string of the molecule is Cc1ccc2c(c1)c(-n1cccc1)c1n2C[C@@](C)(C(=O)NC2CCCC2)N(CCC2=CCCCC2)C1=O. The zero-order valence-corrected chi connectivity index (χ0v) is 22.1. The van der Waals surface area contributed by atoms with E-state index in [4.69, 9.17) is 0 Å². The van der Waals surface area contributed by atoms with E-state index in [2.05, 4.69) is 45.6 Å². The fourth-order valence-corrected chi connectivity index (χ4v) is 6.66. The minimum Gasteiger partial charge on any atom is -0.351 e. The second kappa shape index (κ2) is 9.55. The van der Waals surface area contributed by atoms with Crippen LogP contribution in [0.5, 0.6) is 0 Å². The van der Waals surface area contributed by atoms with E-state index >= 15 is 0 Å². The predicted octanol–water partition coefficient (Wildman–Crippen LogP) is 5.90. The van der Waals surface area contributed by atoms with Gasteiger partial charge >= 0.3 is 0 Å². The minimum absolute atomic E-state index is 0.0208. The van der Waals surface area contributed by atoms with Crippen LogP contribution in [0.4, 0.5) is 0 Å². The van der Waals surface area contributed by atoms with Gasteiger partial charge in [-0.15, -0.1) is 0 Å². The van der Waals surface area contributed by atoms with Gasteiger partial charge in [-0.2, -0.15) is 0 Å². The Morgan fingerprint density at radius 2 is 1.89 bits per heavy atom. The summed E-state index contributed by atoms with van der Waals surface area (Å²) in [6, 6.07) is 10.6. The first-order chi connectivity index (χ1) is 18.0. The fourth-order valence-electron chi connectivity index (χ4n) is 6.66. The molecule has 0 radical (unpaired) electrons. The molecule has 2 amide bonds. The van der Waals surface area contributed by atoms with Gasteiger partial charge in [0.15, 0.2) is 0 Å². The average molecular weight is 499 g/mol. The van der Waals surface area contributed by atoms with Gasteiger partial charge in [-0.3, -0.25) is 9.59 Å². The smallest absolute Gasteiger partial charge is 0.273 e. The Bertz CT molecular complexity index is 1360. The van der Waals surface area contributed by atoms with Crippen molar-refractivity contribution in [3.8, 4) is 5.69 Å². The molecule has 6 rings (SSSR count). The Balaban J connectivity index is 1.46. The van der Waals surface area contributed by atoms with Crippen molar-refractivity contribution in [3.05, 3.63) is 65.6 Å². The van der Waals surface area contributed by atoms with E-state index in [1.165, 1.54) is 18.4 Å². The molecule has 6 nitrogen and oxygen atoms in total. The number of nitrogens with zero attached hydrogens (tertiary/aromatic N) is 3. The summed E-state index contributed by atoms with van der Waals surface area (Å²) in [4.78, 5) is 30.4. The van der Waals surface area contributed by atoms with Gasteiger partial charge in [-0.25, -0.2) is 0 Å². The third-order valence-corrected chi connectivity index (χ3v) is 8.79. The number of aryl methyl sites for hydroxylation is 1. The Kier molecular flexibility index (Phi) is 6.21. The van der Waals surface area contributed by atoms with E-state index in [1.54, 1.807) is 0 Å². The molecule has 0 bridgehead atoms. The van der Waals surface area contributed by atoms with Crippen molar-refractivity contribution in [2.24, 2.45) is 0 Å². The van der Waals surface area contributed by atoms with E-state index in [0.29, 0.717) is 18.8 Å². The second-order valence-corrected chi connectivity index (χ2v) is 11.4. The Morgan fingerprint density at radius 1 is 1.11 bits per heavy atom. The maximum absolute atomic E-state index is 14.5. The number of hydrogen-bond acceptors (Lipinski definition) is 2. The fraction of sp³-hybridized carbons (Fsp3) is 0.484. The summed E-state index contributed by atoms with van der Waals surface area (Å²) in [6.07, 6.45) is 16.2. The largest absolute Gasteiger partial charge is 0.351 e. The van der Waals surface area contributed by atoms with E-state index in [-0.39, 0.29) is 17.9 Å². The predicted molar refractivity (Wildman–Crippen MR) is 147 cm³/mol. The highest BCUT2D eigenvalue weighted by atomic mass is 16.2. The van der Waals surface area contributed by atoms with E-state index in [1.807, 2.05) is 36.4 Å². The van der Waals surface area contributed by atoms with Crippen LogP contribution in [0.1, 0.15) is 80.8 Å². The molecule has 0 spiro atoms. The molecule has 3 aromatic rings. The Labute approximate surface area is 219 Å². The molecule has 0 unspecified atom stereocenters. The summed E-state index contributed by atoms with van der Waals surface area (Å²) in [7, 11) is 0. The average Bonchev–Trinajstić information content (AvgIpc) is 3.65. The van der Waals surface area contributed by atoms with Crippen LogP contribution in [0, 0.1) is 6.92 Å². The molecule has 1 aliphatic heterocycles. The number of carbonyl (C=O) groups is 2. The van der Waals surface area contributed by atoms with Crippen molar-refractivity contribution in [2.45, 2.75) is 89.8 Å². The van der Waals surface area contributed by atoms with Gasteiger partial charge < -0.3 is 19.4 Å². The normalized spacial score (nSPS) is 22.4. The lowest BCUT2D eigenvalue weighted by Gasteiger charge is -2.45. The van der Waals surface area contributed by atoms with Crippen molar-refractivity contribution in [1.29, 1.82) is 0 Å². The summed E-state index contributed by atoms with van der Waals surface area (Å²) in [5, 5.41) is 4.38. The number of allylic oxidation sites excluding steroid dienone is 1. The number of amides is 2. The number of carbonyl (C=O) groups excluding carboxylic acids is 2. The Hall–Kier alpha value is -3.28. The lowest BCUT2D eigenvalue weighted by atomic mass is 9.92. The summed E-state index contributed by atoms with van der Waals surface area (Å²) in [5.74, 6) is -0.0724. The standard InChI is InChI=1S/C31H38N4O2/c1-22-14-15-26-25(20-22)27(33-17-8-9-18-33)28-29(36)35(19-16-23-10-4-3-5-11-23)31(2,21-34(26)28)30(37)32-24-12-6-7-13-24/h8-10,14-15,17-18,20,24H,3-7,11-13,16,19,21H2,1-2H3,(H,32,37)/t31-/m0/s1. The number of rotatable bonds is 6. The van der Waals surface area contributed by atoms with Crippen LogP contribution in [0.15, 0.2) is 54.4 Å². The van der Waals surface area contributed by atoms with Crippen LogP contribution in [0.25, 0.3) is 16.6 Å². The monoisotopic (exact) mass is 498 g/mol. The molecule has 1 saturated carbocycles. The van der Waals surface area contributed by atoms with Gasteiger partial charge in [0.1, 0.15) is 11.2 Å².